The highest BCUT2D eigenvalue weighted by molar-refractivity contribution is 6.03. The van der Waals surface area contributed by atoms with Gasteiger partial charge in [0, 0.05) is 19.1 Å². The molecule has 1 fully saturated rings. The van der Waals surface area contributed by atoms with Crippen LogP contribution in [0.1, 0.15) is 75.3 Å². The second kappa shape index (κ2) is 13.8. The van der Waals surface area contributed by atoms with Gasteiger partial charge in [-0.2, -0.15) is 0 Å². The van der Waals surface area contributed by atoms with Crippen LogP contribution in [0.25, 0.3) is 0 Å². The van der Waals surface area contributed by atoms with Crippen LogP contribution in [-0.4, -0.2) is 41.1 Å². The average Bonchev–Trinajstić information content (AvgIpc) is 2.99. The van der Waals surface area contributed by atoms with E-state index in [-0.39, 0.29) is 18.0 Å². The van der Waals surface area contributed by atoms with Crippen LogP contribution in [0, 0.1) is 12.3 Å². The molecule has 41 heavy (non-hydrogen) atoms. The van der Waals surface area contributed by atoms with Crippen molar-refractivity contribution in [2.24, 2.45) is 5.41 Å². The van der Waals surface area contributed by atoms with Gasteiger partial charge in [-0.1, -0.05) is 93.1 Å². The molecule has 4 rings (SSSR count). The molecule has 0 saturated carbocycles. The Morgan fingerprint density at radius 2 is 1.61 bits per heavy atom. The van der Waals surface area contributed by atoms with Crippen LogP contribution in [0.3, 0.4) is 0 Å². The SMILES string of the molecule is CCCN(Cc1ccc(C)cc1)C(=O)N1C(=O)C(CC)(CC)C1Oc1ccc(C(C)NCCc2ccccc2)cc1. The number of likely N-dealkylation sites (tertiary alicyclic amines) is 1. The smallest absolute Gasteiger partial charge is 0.330 e. The van der Waals surface area contributed by atoms with Crippen LogP contribution in [-0.2, 0) is 17.8 Å². The van der Waals surface area contributed by atoms with Crippen LogP contribution >= 0.6 is 0 Å². The number of carbonyl (C=O) groups excluding carboxylic acids is 2. The lowest BCUT2D eigenvalue weighted by Gasteiger charge is -2.54. The van der Waals surface area contributed by atoms with Crippen molar-refractivity contribution in [1.29, 1.82) is 0 Å². The van der Waals surface area contributed by atoms with E-state index < -0.39 is 11.6 Å². The van der Waals surface area contributed by atoms with Gasteiger partial charge in [0.1, 0.15) is 11.2 Å². The third-order valence-electron chi connectivity index (χ3n) is 8.41. The van der Waals surface area contributed by atoms with Gasteiger partial charge in [-0.05, 0) is 74.9 Å². The maximum atomic E-state index is 13.8. The number of benzene rings is 3. The Morgan fingerprint density at radius 3 is 2.22 bits per heavy atom. The van der Waals surface area contributed by atoms with Crippen molar-refractivity contribution in [3.05, 3.63) is 101 Å². The number of hydrogen-bond acceptors (Lipinski definition) is 4. The molecule has 0 aromatic heterocycles. The topological polar surface area (TPSA) is 61.9 Å². The van der Waals surface area contributed by atoms with Gasteiger partial charge in [-0.3, -0.25) is 4.79 Å². The second-order valence-corrected chi connectivity index (χ2v) is 11.2. The first-order valence-corrected chi connectivity index (χ1v) is 15.0. The summed E-state index contributed by atoms with van der Waals surface area (Å²) in [6, 6.07) is 26.6. The number of hydrogen-bond donors (Lipinski definition) is 1. The van der Waals surface area contributed by atoms with Crippen molar-refractivity contribution >= 4 is 11.9 Å². The Balaban J connectivity index is 1.45. The third-order valence-corrected chi connectivity index (χ3v) is 8.41. The highest BCUT2D eigenvalue weighted by atomic mass is 16.5. The van der Waals surface area contributed by atoms with Crippen molar-refractivity contribution in [3.8, 4) is 5.75 Å². The van der Waals surface area contributed by atoms with Gasteiger partial charge in [-0.15, -0.1) is 0 Å². The van der Waals surface area contributed by atoms with E-state index in [9.17, 15) is 9.59 Å². The molecule has 3 aromatic rings. The molecule has 1 aliphatic rings. The Morgan fingerprint density at radius 1 is 0.951 bits per heavy atom. The molecule has 1 saturated heterocycles. The van der Waals surface area contributed by atoms with E-state index in [4.69, 9.17) is 4.74 Å². The summed E-state index contributed by atoms with van der Waals surface area (Å²) < 4.78 is 6.46. The predicted octanol–water partition coefficient (Wildman–Crippen LogP) is 7.27. The Bertz CT molecular complexity index is 1270. The van der Waals surface area contributed by atoms with Gasteiger partial charge in [-0.25, -0.2) is 9.69 Å². The van der Waals surface area contributed by atoms with E-state index in [1.54, 1.807) is 4.90 Å². The first kappa shape index (κ1) is 30.3. The summed E-state index contributed by atoms with van der Waals surface area (Å²) in [5.74, 6) is 0.516. The van der Waals surface area contributed by atoms with Gasteiger partial charge < -0.3 is 15.0 Å². The molecule has 6 nitrogen and oxygen atoms in total. The zero-order valence-corrected chi connectivity index (χ0v) is 25.2. The van der Waals surface area contributed by atoms with Crippen molar-refractivity contribution in [1.82, 2.24) is 15.1 Å². The zero-order chi connectivity index (χ0) is 29.4. The molecule has 2 unspecified atom stereocenters. The average molecular weight is 556 g/mol. The molecular formula is C35H45N3O3. The van der Waals surface area contributed by atoms with Crippen molar-refractivity contribution < 1.29 is 14.3 Å². The molecule has 0 radical (unpaired) electrons. The summed E-state index contributed by atoms with van der Waals surface area (Å²) >= 11 is 0. The fraction of sp³-hybridized carbons (Fsp3) is 0.429. The predicted molar refractivity (Wildman–Crippen MR) is 165 cm³/mol. The molecule has 1 aliphatic heterocycles. The first-order valence-electron chi connectivity index (χ1n) is 15.0. The van der Waals surface area contributed by atoms with Crippen LogP contribution in [0.15, 0.2) is 78.9 Å². The lowest BCUT2D eigenvalue weighted by Crippen LogP contribution is -2.73. The molecule has 2 atom stereocenters. The van der Waals surface area contributed by atoms with Crippen LogP contribution < -0.4 is 10.1 Å². The molecule has 0 bridgehead atoms. The fourth-order valence-electron chi connectivity index (χ4n) is 5.63. The minimum absolute atomic E-state index is 0.143. The van der Waals surface area contributed by atoms with E-state index in [0.717, 1.165) is 30.5 Å². The Labute approximate surface area is 245 Å². The molecule has 3 aromatic carbocycles. The van der Waals surface area contributed by atoms with Gasteiger partial charge in [0.05, 0.1) is 0 Å². The number of aryl methyl sites for hydroxylation is 1. The monoisotopic (exact) mass is 555 g/mol. The van der Waals surface area contributed by atoms with E-state index in [1.807, 2.05) is 70.2 Å². The number of nitrogens with one attached hydrogen (secondary N) is 1. The Hall–Kier alpha value is -3.64. The summed E-state index contributed by atoms with van der Waals surface area (Å²) in [4.78, 5) is 30.4. The van der Waals surface area contributed by atoms with Gasteiger partial charge >= 0.3 is 6.03 Å². The van der Waals surface area contributed by atoms with Crippen LogP contribution in [0.5, 0.6) is 5.75 Å². The maximum Gasteiger partial charge on any atom is 0.330 e. The van der Waals surface area contributed by atoms with Crippen molar-refractivity contribution in [2.45, 2.75) is 79.1 Å². The largest absolute Gasteiger partial charge is 0.469 e. The lowest BCUT2D eigenvalue weighted by molar-refractivity contribution is -0.192. The van der Waals surface area contributed by atoms with E-state index in [1.165, 1.54) is 16.0 Å². The van der Waals surface area contributed by atoms with E-state index in [0.29, 0.717) is 31.7 Å². The van der Waals surface area contributed by atoms with Gasteiger partial charge in [0.25, 0.3) is 0 Å². The molecule has 218 valence electrons. The molecule has 1 heterocycles. The van der Waals surface area contributed by atoms with Gasteiger partial charge in [0.2, 0.25) is 5.91 Å². The Kier molecular flexibility index (Phi) is 10.2. The third kappa shape index (κ3) is 6.82. The molecule has 6 heteroatoms. The number of rotatable bonds is 13. The lowest BCUT2D eigenvalue weighted by atomic mass is 9.72. The molecule has 0 aliphatic carbocycles. The standard InChI is InChI=1S/C35H45N3O3/c1-6-24-37(25-29-16-14-26(4)15-17-29)34(40)38-32(39)35(7-2,8-3)33(38)41-31-20-18-30(19-21-31)27(5)36-23-22-28-12-10-9-11-13-28/h9-21,27,33,36H,6-8,22-25H2,1-5H3. The summed E-state index contributed by atoms with van der Waals surface area (Å²) in [6.45, 7) is 12.2. The quantitative estimate of drug-likeness (QED) is 0.225. The summed E-state index contributed by atoms with van der Waals surface area (Å²) in [5, 5.41) is 3.59. The number of imide groups is 1. The van der Waals surface area contributed by atoms with Crippen molar-refractivity contribution in [3.63, 3.8) is 0 Å². The normalized spacial score (nSPS) is 16.7. The van der Waals surface area contributed by atoms with Crippen LogP contribution in [0.4, 0.5) is 4.79 Å². The fourth-order valence-corrected chi connectivity index (χ4v) is 5.63. The summed E-state index contributed by atoms with van der Waals surface area (Å²) in [6.07, 6.45) is 2.37. The molecule has 1 N–H and O–H groups in total. The number of urea groups is 1. The number of ether oxygens (including phenoxy) is 1. The number of nitrogens with zero attached hydrogens (tertiary/aromatic N) is 2. The van der Waals surface area contributed by atoms with Crippen LogP contribution in [0.2, 0.25) is 0 Å². The summed E-state index contributed by atoms with van der Waals surface area (Å²) in [7, 11) is 0. The molecule has 0 spiro atoms. The number of amides is 3. The highest BCUT2D eigenvalue weighted by Crippen LogP contribution is 2.46. The molecular weight excluding hydrogens is 510 g/mol. The van der Waals surface area contributed by atoms with E-state index >= 15 is 0 Å². The maximum absolute atomic E-state index is 13.8. The van der Waals surface area contributed by atoms with E-state index in [2.05, 4.69) is 48.6 Å². The minimum Gasteiger partial charge on any atom is -0.469 e. The number of carbonyl (C=O) groups is 2. The second-order valence-electron chi connectivity index (χ2n) is 11.2. The number of β-lactam (4-membered cyclic amide) rings is 1. The van der Waals surface area contributed by atoms with Gasteiger partial charge in [0.15, 0.2) is 6.23 Å². The summed E-state index contributed by atoms with van der Waals surface area (Å²) in [5.41, 5.74) is 3.99. The first-order chi connectivity index (χ1) is 19.8. The van der Waals surface area contributed by atoms with Crippen molar-refractivity contribution in [2.75, 3.05) is 13.1 Å². The molecule has 3 amide bonds. The zero-order valence-electron chi connectivity index (χ0n) is 25.2. The highest BCUT2D eigenvalue weighted by Gasteiger charge is 2.63. The minimum atomic E-state index is -0.706.